The van der Waals surface area contributed by atoms with E-state index in [1.54, 1.807) is 30.2 Å². The lowest BCUT2D eigenvalue weighted by atomic mass is 10.0. The summed E-state index contributed by atoms with van der Waals surface area (Å²) in [4.78, 5) is 24.7. The zero-order chi connectivity index (χ0) is 26.4. The highest BCUT2D eigenvalue weighted by Gasteiger charge is 2.25. The summed E-state index contributed by atoms with van der Waals surface area (Å²) in [5, 5.41) is 3.27. The molecule has 37 heavy (non-hydrogen) atoms. The van der Waals surface area contributed by atoms with Crippen LogP contribution in [0, 0.1) is 5.82 Å². The Hall–Kier alpha value is -4.26. The Morgan fingerprint density at radius 1 is 1.03 bits per heavy atom. The van der Waals surface area contributed by atoms with Gasteiger partial charge in [-0.1, -0.05) is 54.6 Å². The molecular formula is C30H33FN4O2. The molecule has 0 saturated heterocycles. The molecule has 192 valence electrons. The first-order valence-electron chi connectivity index (χ1n) is 12.2. The number of carbonyl (C=O) groups is 1. The number of anilines is 1. The van der Waals surface area contributed by atoms with Gasteiger partial charge < -0.3 is 15.0 Å². The van der Waals surface area contributed by atoms with E-state index in [0.717, 1.165) is 11.1 Å². The maximum Gasteiger partial charge on any atom is 0.258 e. The highest BCUT2D eigenvalue weighted by molar-refractivity contribution is 6.00. The maximum atomic E-state index is 14.9. The van der Waals surface area contributed by atoms with Gasteiger partial charge in [-0.05, 0) is 56.2 Å². The molecule has 0 aliphatic carbocycles. The van der Waals surface area contributed by atoms with E-state index in [1.807, 2.05) is 75.4 Å². The fourth-order valence-corrected chi connectivity index (χ4v) is 4.10. The smallest absolute Gasteiger partial charge is 0.258 e. The Balaban J connectivity index is 0.00000400. The average molecular weight is 501 g/mol. The average Bonchev–Trinajstić information content (AvgIpc) is 2.92. The summed E-state index contributed by atoms with van der Waals surface area (Å²) in [6.07, 6.45) is 1.48. The van der Waals surface area contributed by atoms with E-state index in [2.05, 4.69) is 15.3 Å². The van der Waals surface area contributed by atoms with Crippen molar-refractivity contribution in [3.63, 3.8) is 0 Å². The second kappa shape index (κ2) is 11.6. The van der Waals surface area contributed by atoms with Crippen LogP contribution in [-0.2, 0) is 6.54 Å². The van der Waals surface area contributed by atoms with E-state index in [1.165, 1.54) is 12.3 Å². The van der Waals surface area contributed by atoms with Crippen molar-refractivity contribution in [2.24, 2.45) is 0 Å². The molecular weight excluding hydrogens is 467 g/mol. The number of hydrogen-bond acceptors (Lipinski definition) is 5. The Bertz CT molecular complexity index is 1370. The number of nitrogens with zero attached hydrogens (tertiary/aromatic N) is 3. The molecule has 0 radical (unpaired) electrons. The molecule has 1 unspecified atom stereocenters. The normalized spacial score (nSPS) is 11.7. The van der Waals surface area contributed by atoms with Gasteiger partial charge in [-0.2, -0.15) is 0 Å². The lowest BCUT2D eigenvalue weighted by Gasteiger charge is -2.28. The van der Waals surface area contributed by atoms with Crippen LogP contribution in [0.25, 0.3) is 11.3 Å². The van der Waals surface area contributed by atoms with Crippen LogP contribution in [0.1, 0.15) is 49.7 Å². The van der Waals surface area contributed by atoms with Crippen molar-refractivity contribution in [2.45, 2.75) is 39.4 Å². The fraction of sp³-hybridized carbons (Fsp3) is 0.233. The van der Waals surface area contributed by atoms with Gasteiger partial charge >= 0.3 is 0 Å². The minimum absolute atomic E-state index is 0. The molecule has 0 saturated carbocycles. The highest BCUT2D eigenvalue weighted by Crippen LogP contribution is 2.28. The standard InChI is InChI=1S/C30H31FN4O2.H2/c1-20(2)35(19-22-11-10-14-24(17-22)37-4)29(36)26-18-32-30(33-21(3)23-12-6-5-7-13-23)34-28(26)25-15-8-9-16-27(25)31;/h5-18,20-21H,19H2,1-4H3,(H,32,33,34);1H. The second-order valence-electron chi connectivity index (χ2n) is 9.09. The van der Waals surface area contributed by atoms with Crippen LogP contribution < -0.4 is 10.1 Å². The third-order valence-corrected chi connectivity index (χ3v) is 6.16. The van der Waals surface area contributed by atoms with Crippen molar-refractivity contribution in [1.82, 2.24) is 14.9 Å². The quantitative estimate of drug-likeness (QED) is 0.275. The molecule has 0 bridgehead atoms. The lowest BCUT2D eigenvalue weighted by molar-refractivity contribution is 0.0690. The summed E-state index contributed by atoms with van der Waals surface area (Å²) in [5.74, 6) is 0.293. The third-order valence-electron chi connectivity index (χ3n) is 6.16. The number of amides is 1. The van der Waals surface area contributed by atoms with Crippen LogP contribution in [-0.4, -0.2) is 33.9 Å². The van der Waals surface area contributed by atoms with Crippen molar-refractivity contribution in [3.8, 4) is 17.0 Å². The summed E-state index contributed by atoms with van der Waals surface area (Å²) >= 11 is 0. The molecule has 4 aromatic rings. The molecule has 7 heteroatoms. The number of nitrogens with one attached hydrogen (secondary N) is 1. The number of rotatable bonds is 9. The molecule has 1 heterocycles. The van der Waals surface area contributed by atoms with E-state index in [9.17, 15) is 9.18 Å². The lowest BCUT2D eigenvalue weighted by Crippen LogP contribution is -2.37. The number of benzene rings is 3. The molecule has 4 rings (SSSR count). The van der Waals surface area contributed by atoms with Gasteiger partial charge in [0.05, 0.1) is 24.4 Å². The van der Waals surface area contributed by atoms with Crippen molar-refractivity contribution in [1.29, 1.82) is 0 Å². The summed E-state index contributed by atoms with van der Waals surface area (Å²) in [6, 6.07) is 23.6. The van der Waals surface area contributed by atoms with Crippen LogP contribution in [0.5, 0.6) is 5.75 Å². The highest BCUT2D eigenvalue weighted by atomic mass is 19.1. The van der Waals surface area contributed by atoms with Crippen LogP contribution in [0.4, 0.5) is 10.3 Å². The molecule has 0 aliphatic rings. The van der Waals surface area contributed by atoms with Crippen LogP contribution in [0.15, 0.2) is 85.1 Å². The predicted molar refractivity (Wildman–Crippen MR) is 146 cm³/mol. The van der Waals surface area contributed by atoms with E-state index < -0.39 is 5.82 Å². The van der Waals surface area contributed by atoms with Gasteiger partial charge in [-0.3, -0.25) is 4.79 Å². The molecule has 1 aromatic heterocycles. The van der Waals surface area contributed by atoms with Gasteiger partial charge in [0.2, 0.25) is 5.95 Å². The Kier molecular flexibility index (Phi) is 8.13. The predicted octanol–water partition coefficient (Wildman–Crippen LogP) is 6.76. The number of ether oxygens (including phenoxy) is 1. The van der Waals surface area contributed by atoms with Crippen molar-refractivity contribution in [2.75, 3.05) is 12.4 Å². The maximum absolute atomic E-state index is 14.9. The molecule has 6 nitrogen and oxygen atoms in total. The number of methoxy groups -OCH3 is 1. The third kappa shape index (κ3) is 6.12. The summed E-state index contributed by atoms with van der Waals surface area (Å²) < 4.78 is 20.3. The number of halogens is 1. The first-order valence-corrected chi connectivity index (χ1v) is 12.2. The summed E-state index contributed by atoms with van der Waals surface area (Å²) in [7, 11) is 1.61. The van der Waals surface area contributed by atoms with Crippen LogP contribution >= 0.6 is 0 Å². The summed E-state index contributed by atoms with van der Waals surface area (Å²) in [6.45, 7) is 6.24. The van der Waals surface area contributed by atoms with Gasteiger partial charge in [0.25, 0.3) is 5.91 Å². The first kappa shape index (κ1) is 25.8. The van der Waals surface area contributed by atoms with Crippen molar-refractivity contribution < 1.29 is 15.3 Å². The monoisotopic (exact) mass is 500 g/mol. The first-order chi connectivity index (χ1) is 17.9. The molecule has 1 atom stereocenters. The topological polar surface area (TPSA) is 67.3 Å². The van der Waals surface area contributed by atoms with Gasteiger partial charge in [0.1, 0.15) is 11.6 Å². The van der Waals surface area contributed by atoms with E-state index in [0.29, 0.717) is 18.2 Å². The minimum Gasteiger partial charge on any atom is -0.497 e. The van der Waals surface area contributed by atoms with Gasteiger partial charge in [-0.25, -0.2) is 14.4 Å². The SMILES string of the molecule is COc1cccc(CN(C(=O)c2cnc(NC(C)c3ccccc3)nc2-c2ccccc2F)C(C)C)c1.[HH]. The molecule has 0 fully saturated rings. The second-order valence-corrected chi connectivity index (χ2v) is 9.09. The molecule has 0 spiro atoms. The molecule has 1 N–H and O–H groups in total. The largest absolute Gasteiger partial charge is 0.497 e. The van der Waals surface area contributed by atoms with Crippen molar-refractivity contribution >= 4 is 11.9 Å². The Morgan fingerprint density at radius 3 is 2.46 bits per heavy atom. The van der Waals surface area contributed by atoms with Gasteiger partial charge in [0, 0.05) is 25.8 Å². The Labute approximate surface area is 218 Å². The van der Waals surface area contributed by atoms with Gasteiger partial charge in [0.15, 0.2) is 0 Å². The molecule has 3 aromatic carbocycles. The van der Waals surface area contributed by atoms with Crippen LogP contribution in [0.2, 0.25) is 0 Å². The zero-order valence-corrected chi connectivity index (χ0v) is 21.5. The van der Waals surface area contributed by atoms with E-state index >= 15 is 0 Å². The summed E-state index contributed by atoms with van der Waals surface area (Å²) in [5.41, 5.74) is 2.71. The molecule has 0 aliphatic heterocycles. The number of hydrogen-bond donors (Lipinski definition) is 1. The van der Waals surface area contributed by atoms with Gasteiger partial charge in [-0.15, -0.1) is 0 Å². The Morgan fingerprint density at radius 2 is 1.76 bits per heavy atom. The van der Waals surface area contributed by atoms with E-state index in [-0.39, 0.29) is 36.2 Å². The van der Waals surface area contributed by atoms with E-state index in [4.69, 9.17) is 4.74 Å². The molecule has 1 amide bonds. The number of carbonyl (C=O) groups excluding carboxylic acids is 1. The van der Waals surface area contributed by atoms with Crippen molar-refractivity contribution in [3.05, 3.63) is 108 Å². The fourth-order valence-electron chi connectivity index (χ4n) is 4.10. The van der Waals surface area contributed by atoms with Crippen LogP contribution in [0.3, 0.4) is 0 Å². The zero-order valence-electron chi connectivity index (χ0n) is 21.5. The number of aromatic nitrogens is 2. The minimum atomic E-state index is -0.457.